The summed E-state index contributed by atoms with van der Waals surface area (Å²) < 4.78 is 0. The molecule has 2 aromatic rings. The number of anilines is 1. The minimum atomic E-state index is 0.502. The van der Waals surface area contributed by atoms with Gasteiger partial charge in [0.05, 0.1) is 0 Å². The Hall–Kier alpha value is -1.87. The average molecular weight is 309 g/mol. The van der Waals surface area contributed by atoms with Crippen LogP contribution in [0.1, 0.15) is 43.9 Å². The summed E-state index contributed by atoms with van der Waals surface area (Å²) in [5, 5.41) is 3.39. The van der Waals surface area contributed by atoms with E-state index >= 15 is 0 Å². The van der Waals surface area contributed by atoms with Gasteiger partial charge in [-0.05, 0) is 42.5 Å². The van der Waals surface area contributed by atoms with E-state index in [2.05, 4.69) is 77.7 Å². The van der Waals surface area contributed by atoms with E-state index in [1.54, 1.807) is 0 Å². The molecular formula is C20H27N3. The molecule has 3 nitrogen and oxygen atoms in total. The molecule has 23 heavy (non-hydrogen) atoms. The fraction of sp³-hybridized carbons (Fsp3) is 0.450. The second-order valence-electron chi connectivity index (χ2n) is 6.87. The first kappa shape index (κ1) is 16.0. The van der Waals surface area contributed by atoms with Crippen molar-refractivity contribution in [3.63, 3.8) is 0 Å². The molecule has 1 N–H and O–H groups in total. The molecule has 1 fully saturated rings. The molecule has 122 valence electrons. The quantitative estimate of drug-likeness (QED) is 0.852. The third kappa shape index (κ3) is 4.32. The number of nitrogens with one attached hydrogen (secondary N) is 1. The van der Waals surface area contributed by atoms with Crippen molar-refractivity contribution in [1.29, 1.82) is 0 Å². The zero-order chi connectivity index (χ0) is 16.1. The Bertz CT molecular complexity index is 592. The smallest absolute Gasteiger partial charge is 0.125 e. The summed E-state index contributed by atoms with van der Waals surface area (Å²) in [6.45, 7) is 7.59. The summed E-state index contributed by atoms with van der Waals surface area (Å²) >= 11 is 0. The molecule has 1 aromatic heterocycles. The van der Waals surface area contributed by atoms with Gasteiger partial charge in [-0.15, -0.1) is 0 Å². The lowest BCUT2D eigenvalue weighted by Crippen LogP contribution is -2.22. The Morgan fingerprint density at radius 3 is 2.70 bits per heavy atom. The summed E-state index contributed by atoms with van der Waals surface area (Å²) in [6, 6.07) is 15.6. The molecular weight excluding hydrogens is 282 g/mol. The van der Waals surface area contributed by atoms with Crippen molar-refractivity contribution in [2.75, 3.05) is 18.4 Å². The number of likely N-dealkylation sites (tertiary alicyclic amines) is 1. The molecule has 1 atom stereocenters. The van der Waals surface area contributed by atoms with Crippen LogP contribution in [0.15, 0.2) is 48.7 Å². The van der Waals surface area contributed by atoms with E-state index in [0.717, 1.165) is 18.9 Å². The summed E-state index contributed by atoms with van der Waals surface area (Å²) in [4.78, 5) is 7.18. The van der Waals surface area contributed by atoms with E-state index in [9.17, 15) is 0 Å². The summed E-state index contributed by atoms with van der Waals surface area (Å²) in [5.74, 6) is 1.61. The van der Waals surface area contributed by atoms with Crippen LogP contribution in [-0.4, -0.2) is 23.0 Å². The number of nitrogens with zero attached hydrogens (tertiary/aromatic N) is 2. The summed E-state index contributed by atoms with van der Waals surface area (Å²) in [5.41, 5.74) is 2.73. The molecule has 3 rings (SSSR count). The van der Waals surface area contributed by atoms with Crippen LogP contribution in [0.25, 0.3) is 0 Å². The van der Waals surface area contributed by atoms with Gasteiger partial charge < -0.3 is 5.32 Å². The van der Waals surface area contributed by atoms with Gasteiger partial charge in [-0.2, -0.15) is 0 Å². The number of benzene rings is 1. The van der Waals surface area contributed by atoms with Gasteiger partial charge in [0, 0.05) is 25.3 Å². The minimum Gasteiger partial charge on any atom is -0.370 e. The van der Waals surface area contributed by atoms with Crippen LogP contribution >= 0.6 is 0 Å². The topological polar surface area (TPSA) is 28.2 Å². The summed E-state index contributed by atoms with van der Waals surface area (Å²) in [7, 11) is 0. The minimum absolute atomic E-state index is 0.502. The van der Waals surface area contributed by atoms with Gasteiger partial charge in [0.2, 0.25) is 0 Å². The fourth-order valence-corrected chi connectivity index (χ4v) is 3.23. The van der Waals surface area contributed by atoms with Crippen molar-refractivity contribution in [3.05, 3.63) is 59.8 Å². The van der Waals surface area contributed by atoms with Crippen LogP contribution in [0.4, 0.5) is 5.82 Å². The lowest BCUT2D eigenvalue weighted by Gasteiger charge is -2.25. The van der Waals surface area contributed by atoms with Crippen LogP contribution in [0, 0.1) is 5.92 Å². The maximum absolute atomic E-state index is 4.60. The Kier molecular flexibility index (Phi) is 5.29. The largest absolute Gasteiger partial charge is 0.370 e. The highest BCUT2D eigenvalue weighted by molar-refractivity contribution is 5.36. The molecule has 0 radical (unpaired) electrons. The maximum Gasteiger partial charge on any atom is 0.125 e. The van der Waals surface area contributed by atoms with Crippen molar-refractivity contribution >= 4 is 5.82 Å². The number of pyridine rings is 1. The second-order valence-corrected chi connectivity index (χ2v) is 6.87. The molecule has 3 heteroatoms. The number of aromatic nitrogens is 1. The van der Waals surface area contributed by atoms with Crippen molar-refractivity contribution in [3.8, 4) is 0 Å². The molecule has 1 aliphatic rings. The van der Waals surface area contributed by atoms with Gasteiger partial charge in [0.1, 0.15) is 5.82 Å². The lowest BCUT2D eigenvalue weighted by atomic mass is 10.1. The van der Waals surface area contributed by atoms with E-state index in [1.165, 1.54) is 30.5 Å². The van der Waals surface area contributed by atoms with Gasteiger partial charge in [0.25, 0.3) is 0 Å². The number of hydrogen-bond acceptors (Lipinski definition) is 3. The first-order chi connectivity index (χ1) is 11.2. The molecule has 0 amide bonds. The van der Waals surface area contributed by atoms with E-state index in [1.807, 2.05) is 0 Å². The van der Waals surface area contributed by atoms with Gasteiger partial charge in [-0.1, -0.05) is 50.2 Å². The third-order valence-electron chi connectivity index (χ3n) is 4.45. The molecule has 0 saturated carbocycles. The van der Waals surface area contributed by atoms with Crippen molar-refractivity contribution < 1.29 is 0 Å². The first-order valence-corrected chi connectivity index (χ1v) is 8.70. The Morgan fingerprint density at radius 2 is 2.00 bits per heavy atom. The molecule has 0 spiro atoms. The zero-order valence-corrected chi connectivity index (χ0v) is 14.2. The van der Waals surface area contributed by atoms with Crippen molar-refractivity contribution in [2.45, 2.75) is 39.3 Å². The van der Waals surface area contributed by atoms with Crippen LogP contribution < -0.4 is 5.32 Å². The predicted octanol–water partition coefficient (Wildman–Crippen LogP) is 4.49. The molecule has 0 unspecified atom stereocenters. The normalized spacial score (nSPS) is 18.5. The number of hydrogen-bond donors (Lipinski definition) is 1. The Balaban J connectivity index is 1.65. The van der Waals surface area contributed by atoms with Gasteiger partial charge >= 0.3 is 0 Å². The highest BCUT2D eigenvalue weighted by Gasteiger charge is 2.26. The predicted molar refractivity (Wildman–Crippen MR) is 96.4 cm³/mol. The van der Waals surface area contributed by atoms with Gasteiger partial charge in [-0.3, -0.25) is 4.90 Å². The van der Waals surface area contributed by atoms with Gasteiger partial charge in [0.15, 0.2) is 0 Å². The van der Waals surface area contributed by atoms with E-state index in [0.29, 0.717) is 12.0 Å². The third-order valence-corrected chi connectivity index (χ3v) is 4.45. The fourth-order valence-electron chi connectivity index (χ4n) is 3.23. The van der Waals surface area contributed by atoms with Crippen molar-refractivity contribution in [2.24, 2.45) is 5.92 Å². The maximum atomic E-state index is 4.60. The lowest BCUT2D eigenvalue weighted by molar-refractivity contribution is 0.248. The highest BCUT2D eigenvalue weighted by atomic mass is 15.2. The van der Waals surface area contributed by atoms with Gasteiger partial charge in [-0.25, -0.2) is 4.98 Å². The van der Waals surface area contributed by atoms with E-state index in [4.69, 9.17) is 0 Å². The zero-order valence-electron chi connectivity index (χ0n) is 14.2. The SMILES string of the molecule is CC(C)CNc1ccc([C@H]2CCCN2Cc2ccccc2)cn1. The standard InChI is InChI=1S/C20H27N3/c1-16(2)13-21-20-11-10-18(14-22-20)19-9-6-12-23(19)15-17-7-4-3-5-8-17/h3-5,7-8,10-11,14,16,19H,6,9,12-13,15H2,1-2H3,(H,21,22)/t19-/m1/s1. The molecule has 0 aliphatic carbocycles. The highest BCUT2D eigenvalue weighted by Crippen LogP contribution is 2.33. The second kappa shape index (κ2) is 7.60. The molecule has 2 heterocycles. The van der Waals surface area contributed by atoms with Crippen LogP contribution in [-0.2, 0) is 6.54 Å². The molecule has 1 saturated heterocycles. The van der Waals surface area contributed by atoms with Crippen LogP contribution in [0.2, 0.25) is 0 Å². The monoisotopic (exact) mass is 309 g/mol. The Labute approximate surface area is 139 Å². The average Bonchev–Trinajstić information content (AvgIpc) is 3.02. The Morgan fingerprint density at radius 1 is 1.17 bits per heavy atom. The molecule has 1 aromatic carbocycles. The van der Waals surface area contributed by atoms with Crippen LogP contribution in [0.5, 0.6) is 0 Å². The number of rotatable bonds is 6. The van der Waals surface area contributed by atoms with Crippen LogP contribution in [0.3, 0.4) is 0 Å². The molecule has 1 aliphatic heterocycles. The molecule has 0 bridgehead atoms. The van der Waals surface area contributed by atoms with E-state index in [-0.39, 0.29) is 0 Å². The van der Waals surface area contributed by atoms with E-state index < -0.39 is 0 Å². The van der Waals surface area contributed by atoms with Crippen molar-refractivity contribution in [1.82, 2.24) is 9.88 Å². The summed E-state index contributed by atoms with van der Waals surface area (Å²) in [6.07, 6.45) is 4.55. The first-order valence-electron chi connectivity index (χ1n) is 8.70.